The third-order valence-electron chi connectivity index (χ3n) is 2.61. The number of aromatic nitrogens is 2. The van der Waals surface area contributed by atoms with Crippen molar-refractivity contribution in [2.24, 2.45) is 0 Å². The molecule has 102 valence electrons. The van der Waals surface area contributed by atoms with Crippen LogP contribution in [0.5, 0.6) is 0 Å². The summed E-state index contributed by atoms with van der Waals surface area (Å²) in [7, 11) is 1.64. The molecule has 3 nitrogen and oxygen atoms in total. The predicted octanol–water partition coefficient (Wildman–Crippen LogP) is 4.30. The predicted molar refractivity (Wildman–Crippen MR) is 79.8 cm³/mol. The highest BCUT2D eigenvalue weighted by Crippen LogP contribution is 2.34. The Hall–Kier alpha value is -0.970. The molecule has 19 heavy (non-hydrogen) atoms. The fourth-order valence-electron chi connectivity index (χ4n) is 1.66. The van der Waals surface area contributed by atoms with Crippen molar-refractivity contribution in [3.8, 4) is 10.7 Å². The van der Waals surface area contributed by atoms with E-state index >= 15 is 0 Å². The first-order valence-corrected chi connectivity index (χ1v) is 7.22. The molecule has 0 aromatic carbocycles. The Morgan fingerprint density at radius 1 is 1.26 bits per heavy atom. The van der Waals surface area contributed by atoms with Gasteiger partial charge in [0, 0.05) is 12.0 Å². The molecule has 0 unspecified atom stereocenters. The number of methoxy groups -OCH3 is 1. The van der Waals surface area contributed by atoms with Crippen LogP contribution in [0.15, 0.2) is 18.2 Å². The number of rotatable bonds is 3. The first-order valence-electron chi connectivity index (χ1n) is 6.03. The van der Waals surface area contributed by atoms with Crippen molar-refractivity contribution in [1.82, 2.24) is 9.97 Å². The minimum absolute atomic E-state index is 0.136. The molecule has 0 fully saturated rings. The lowest BCUT2D eigenvalue weighted by Crippen LogP contribution is -2.07. The molecular formula is C14H17ClN2OS. The summed E-state index contributed by atoms with van der Waals surface area (Å²) in [5.41, 5.74) is 0.930. The van der Waals surface area contributed by atoms with E-state index in [1.165, 1.54) is 4.88 Å². The molecule has 0 radical (unpaired) electrons. The smallest absolute Gasteiger partial charge is 0.171 e. The van der Waals surface area contributed by atoms with Crippen LogP contribution in [0.25, 0.3) is 10.7 Å². The van der Waals surface area contributed by atoms with Crippen LogP contribution in [-0.4, -0.2) is 17.1 Å². The van der Waals surface area contributed by atoms with Crippen molar-refractivity contribution in [2.45, 2.75) is 32.8 Å². The zero-order valence-corrected chi connectivity index (χ0v) is 13.1. The van der Waals surface area contributed by atoms with Crippen LogP contribution >= 0.6 is 22.9 Å². The SMILES string of the molecule is COCc1cc(Cl)nc(-c2ccc(C(C)(C)C)s2)n1. The summed E-state index contributed by atoms with van der Waals surface area (Å²) in [6, 6.07) is 5.90. The van der Waals surface area contributed by atoms with Crippen molar-refractivity contribution in [3.63, 3.8) is 0 Å². The molecular weight excluding hydrogens is 280 g/mol. The summed E-state index contributed by atoms with van der Waals surface area (Å²) < 4.78 is 5.09. The maximum Gasteiger partial charge on any atom is 0.171 e. The molecule has 0 bridgehead atoms. The Bertz CT molecular complexity index is 575. The second-order valence-corrected chi connectivity index (χ2v) is 6.82. The van der Waals surface area contributed by atoms with E-state index in [1.807, 2.05) is 6.07 Å². The maximum absolute atomic E-state index is 6.03. The van der Waals surface area contributed by atoms with Gasteiger partial charge in [-0.15, -0.1) is 11.3 Å². The third kappa shape index (κ3) is 3.53. The Morgan fingerprint density at radius 2 is 2.00 bits per heavy atom. The molecule has 2 aromatic heterocycles. The van der Waals surface area contributed by atoms with Crippen LogP contribution in [-0.2, 0) is 16.8 Å². The van der Waals surface area contributed by atoms with E-state index in [0.29, 0.717) is 17.6 Å². The molecule has 0 saturated carbocycles. The van der Waals surface area contributed by atoms with Crippen molar-refractivity contribution in [3.05, 3.63) is 33.9 Å². The van der Waals surface area contributed by atoms with Crippen LogP contribution in [0.4, 0.5) is 0 Å². The average Bonchev–Trinajstić information content (AvgIpc) is 2.77. The van der Waals surface area contributed by atoms with Gasteiger partial charge in [0.1, 0.15) is 5.15 Å². The van der Waals surface area contributed by atoms with Crippen molar-refractivity contribution in [1.29, 1.82) is 0 Å². The first-order chi connectivity index (χ1) is 8.90. The molecule has 2 rings (SSSR count). The van der Waals surface area contributed by atoms with E-state index in [0.717, 1.165) is 10.6 Å². The summed E-state index contributed by atoms with van der Waals surface area (Å²) in [5, 5.41) is 0.447. The average molecular weight is 297 g/mol. The van der Waals surface area contributed by atoms with E-state index in [-0.39, 0.29) is 5.41 Å². The van der Waals surface area contributed by atoms with Gasteiger partial charge in [0.25, 0.3) is 0 Å². The van der Waals surface area contributed by atoms with Gasteiger partial charge in [0.2, 0.25) is 0 Å². The van der Waals surface area contributed by atoms with Gasteiger partial charge in [-0.3, -0.25) is 0 Å². The van der Waals surface area contributed by atoms with Crippen molar-refractivity contribution in [2.75, 3.05) is 7.11 Å². The van der Waals surface area contributed by atoms with Crippen molar-refractivity contribution < 1.29 is 4.74 Å². The minimum atomic E-state index is 0.136. The van der Waals surface area contributed by atoms with E-state index in [2.05, 4.69) is 36.8 Å². The molecule has 0 amide bonds. The largest absolute Gasteiger partial charge is 0.378 e. The van der Waals surface area contributed by atoms with Gasteiger partial charge in [-0.1, -0.05) is 32.4 Å². The zero-order valence-electron chi connectivity index (χ0n) is 11.5. The van der Waals surface area contributed by atoms with Crippen LogP contribution in [0.2, 0.25) is 5.15 Å². The minimum Gasteiger partial charge on any atom is -0.378 e. The molecule has 2 heterocycles. The van der Waals surface area contributed by atoms with E-state index in [9.17, 15) is 0 Å². The first kappa shape index (κ1) is 14.4. The highest BCUT2D eigenvalue weighted by molar-refractivity contribution is 7.15. The van der Waals surface area contributed by atoms with Gasteiger partial charge in [-0.25, -0.2) is 9.97 Å². The molecule has 0 N–H and O–H groups in total. The summed E-state index contributed by atoms with van der Waals surface area (Å²) >= 11 is 7.73. The summed E-state index contributed by atoms with van der Waals surface area (Å²) in [4.78, 5) is 11.1. The Labute approximate surface area is 122 Å². The third-order valence-corrected chi connectivity index (χ3v) is 4.31. The number of nitrogens with zero attached hydrogens (tertiary/aromatic N) is 2. The Balaban J connectivity index is 2.38. The number of thiophene rings is 1. The molecule has 0 aliphatic carbocycles. The fraction of sp³-hybridized carbons (Fsp3) is 0.429. The lowest BCUT2D eigenvalue weighted by atomic mass is 9.95. The van der Waals surface area contributed by atoms with Gasteiger partial charge < -0.3 is 4.74 Å². The van der Waals surface area contributed by atoms with Gasteiger partial charge in [0.05, 0.1) is 17.2 Å². The molecule has 0 aliphatic rings. The summed E-state index contributed by atoms with van der Waals surface area (Å²) in [6.07, 6.45) is 0. The second kappa shape index (κ2) is 5.57. The van der Waals surface area contributed by atoms with Crippen LogP contribution in [0.3, 0.4) is 0 Å². The van der Waals surface area contributed by atoms with Crippen molar-refractivity contribution >= 4 is 22.9 Å². The Morgan fingerprint density at radius 3 is 2.58 bits per heavy atom. The van der Waals surface area contributed by atoms with Crippen LogP contribution < -0.4 is 0 Å². The van der Waals surface area contributed by atoms with Gasteiger partial charge in [-0.05, 0) is 23.6 Å². The standard InChI is InChI=1S/C14H17ClN2OS/c1-14(2,3)11-6-5-10(19-11)13-16-9(8-18-4)7-12(15)17-13/h5-7H,8H2,1-4H3. The molecule has 2 aromatic rings. The maximum atomic E-state index is 6.03. The van der Waals surface area contributed by atoms with Gasteiger partial charge in [0.15, 0.2) is 5.82 Å². The topological polar surface area (TPSA) is 35.0 Å². The number of hydrogen-bond acceptors (Lipinski definition) is 4. The second-order valence-electron chi connectivity index (χ2n) is 5.35. The normalized spacial score (nSPS) is 11.8. The molecule has 0 saturated heterocycles. The molecule has 0 aliphatic heterocycles. The summed E-state index contributed by atoms with van der Waals surface area (Å²) in [5.74, 6) is 0.667. The number of halogens is 1. The van der Waals surface area contributed by atoms with Crippen LogP contribution in [0.1, 0.15) is 31.3 Å². The van der Waals surface area contributed by atoms with E-state index in [4.69, 9.17) is 16.3 Å². The molecule has 5 heteroatoms. The fourth-order valence-corrected chi connectivity index (χ4v) is 2.86. The summed E-state index contributed by atoms with van der Waals surface area (Å²) in [6.45, 7) is 7.01. The van der Waals surface area contributed by atoms with Gasteiger partial charge in [-0.2, -0.15) is 0 Å². The van der Waals surface area contributed by atoms with Crippen LogP contribution in [0, 0.1) is 0 Å². The van der Waals surface area contributed by atoms with E-state index < -0.39 is 0 Å². The highest BCUT2D eigenvalue weighted by atomic mass is 35.5. The lowest BCUT2D eigenvalue weighted by molar-refractivity contribution is 0.181. The highest BCUT2D eigenvalue weighted by Gasteiger charge is 2.17. The number of ether oxygens (including phenoxy) is 1. The number of hydrogen-bond donors (Lipinski definition) is 0. The quantitative estimate of drug-likeness (QED) is 0.792. The molecule has 0 atom stereocenters. The Kier molecular flexibility index (Phi) is 4.23. The lowest BCUT2D eigenvalue weighted by Gasteiger charge is -2.15. The van der Waals surface area contributed by atoms with Gasteiger partial charge >= 0.3 is 0 Å². The molecule has 0 spiro atoms. The van der Waals surface area contributed by atoms with E-state index in [1.54, 1.807) is 24.5 Å². The monoisotopic (exact) mass is 296 g/mol. The zero-order chi connectivity index (χ0) is 14.0.